The number of carbonyl (C=O) groups is 5. The summed E-state index contributed by atoms with van der Waals surface area (Å²) in [7, 11) is 1.08. The first-order chi connectivity index (χ1) is 18.5. The molecule has 1 saturated heterocycles. The average Bonchev–Trinajstić information content (AvgIpc) is 3.38. The number of amides is 3. The second kappa shape index (κ2) is 15.6. The second-order valence-corrected chi connectivity index (χ2v) is 9.17. The normalized spacial score (nSPS) is 16.4. The Bertz CT molecular complexity index is 1060. The van der Waals surface area contributed by atoms with Gasteiger partial charge in [-0.3, -0.25) is 14.4 Å². The number of likely N-dealkylation sites (tertiary alicyclic amines) is 1. The lowest BCUT2D eigenvalue weighted by molar-refractivity contribution is -0.157. The van der Waals surface area contributed by atoms with E-state index in [1.165, 1.54) is 17.9 Å². The topological polar surface area (TPSA) is 131 Å². The maximum Gasteiger partial charge on any atom is 0.331 e. The monoisotopic (exact) mass is 551 g/mol. The zero-order valence-electron chi connectivity index (χ0n) is 22.3. The average molecular weight is 552 g/mol. The molecule has 39 heavy (non-hydrogen) atoms. The first-order valence-corrected chi connectivity index (χ1v) is 12.8. The van der Waals surface area contributed by atoms with E-state index >= 15 is 0 Å². The third-order valence-electron chi connectivity index (χ3n) is 6.11. The lowest BCUT2D eigenvalue weighted by Crippen LogP contribution is -2.54. The molecule has 10 nitrogen and oxygen atoms in total. The van der Waals surface area contributed by atoms with Gasteiger partial charge in [-0.2, -0.15) is 0 Å². The summed E-state index contributed by atoms with van der Waals surface area (Å²) in [6.07, 6.45) is 6.05. The van der Waals surface area contributed by atoms with E-state index in [4.69, 9.17) is 9.47 Å². The van der Waals surface area contributed by atoms with Crippen molar-refractivity contribution in [3.8, 4) is 0 Å². The minimum atomic E-state index is -1.44. The highest BCUT2D eigenvalue weighted by atomic mass is 19.1. The molecule has 0 spiro atoms. The number of rotatable bonds is 13. The van der Waals surface area contributed by atoms with Crippen LogP contribution in [0.25, 0.3) is 0 Å². The first kappa shape index (κ1) is 31.4. The Morgan fingerprint density at radius 1 is 1.10 bits per heavy atom. The molecule has 214 valence electrons. The molecule has 1 fully saturated rings. The SMILES string of the molecule is CCCC/C=C/C(=O)N[C@@H](Cc1cc(F)cc(F)c1)C(=O)N[C@@H](COC(=O)[C@@H]1CCCN1C(C)=O)C(=O)OC. The molecule has 0 bridgehead atoms. The number of hydrogen-bond acceptors (Lipinski definition) is 7. The van der Waals surface area contributed by atoms with Gasteiger partial charge in [0.1, 0.15) is 30.3 Å². The van der Waals surface area contributed by atoms with Crippen LogP contribution in [0.5, 0.6) is 0 Å². The zero-order chi connectivity index (χ0) is 28.9. The number of benzene rings is 1. The Hall–Kier alpha value is -3.83. The molecule has 1 aromatic rings. The Morgan fingerprint density at radius 3 is 2.41 bits per heavy atom. The minimum Gasteiger partial charge on any atom is -0.467 e. The fourth-order valence-electron chi connectivity index (χ4n) is 4.14. The van der Waals surface area contributed by atoms with Crippen molar-refractivity contribution < 1.29 is 42.2 Å². The van der Waals surface area contributed by atoms with Crippen molar-refractivity contribution in [1.29, 1.82) is 0 Å². The van der Waals surface area contributed by atoms with Crippen molar-refractivity contribution in [3.63, 3.8) is 0 Å². The molecule has 1 aliphatic heterocycles. The van der Waals surface area contributed by atoms with Crippen molar-refractivity contribution in [3.05, 3.63) is 47.5 Å². The number of carbonyl (C=O) groups excluding carboxylic acids is 5. The highest BCUT2D eigenvalue weighted by Crippen LogP contribution is 2.18. The predicted octanol–water partition coefficient (Wildman–Crippen LogP) is 1.95. The first-order valence-electron chi connectivity index (χ1n) is 12.8. The van der Waals surface area contributed by atoms with Gasteiger partial charge in [0, 0.05) is 26.0 Å². The molecule has 1 heterocycles. The van der Waals surface area contributed by atoms with Crippen LogP contribution in [0.4, 0.5) is 8.78 Å². The standard InChI is InChI=1S/C27H35F2N3O7/c1-4-5-6-7-10-24(34)30-21(14-18-12-19(28)15-20(29)13-18)25(35)31-22(26(36)38-3)16-39-27(37)23-9-8-11-32(23)17(2)33/h7,10,12-13,15,21-23H,4-6,8-9,11,14,16H2,1-3H3,(H,30,34)(H,31,35)/b10-7+/t21-,22-,23-/m0/s1. The molecule has 2 rings (SSSR count). The molecule has 1 aromatic carbocycles. The number of methoxy groups -OCH3 is 1. The van der Waals surface area contributed by atoms with E-state index in [-0.39, 0.29) is 17.9 Å². The summed E-state index contributed by atoms with van der Waals surface area (Å²) in [5, 5.41) is 4.87. The van der Waals surface area contributed by atoms with Crippen LogP contribution in [0.3, 0.4) is 0 Å². The number of esters is 2. The van der Waals surface area contributed by atoms with Crippen molar-refractivity contribution in [2.75, 3.05) is 20.3 Å². The molecule has 0 aliphatic carbocycles. The van der Waals surface area contributed by atoms with E-state index in [9.17, 15) is 32.8 Å². The van der Waals surface area contributed by atoms with Crippen LogP contribution in [0.15, 0.2) is 30.4 Å². The fourth-order valence-corrected chi connectivity index (χ4v) is 4.14. The summed E-state index contributed by atoms with van der Waals surface area (Å²) in [4.78, 5) is 63.7. The molecule has 0 aromatic heterocycles. The predicted molar refractivity (Wildman–Crippen MR) is 136 cm³/mol. The van der Waals surface area contributed by atoms with Crippen molar-refractivity contribution in [2.24, 2.45) is 0 Å². The second-order valence-electron chi connectivity index (χ2n) is 9.17. The van der Waals surface area contributed by atoms with Gasteiger partial charge >= 0.3 is 11.9 Å². The molecule has 0 saturated carbocycles. The molecular weight excluding hydrogens is 516 g/mol. The van der Waals surface area contributed by atoms with Crippen LogP contribution in [0.2, 0.25) is 0 Å². The summed E-state index contributed by atoms with van der Waals surface area (Å²) < 4.78 is 37.4. The summed E-state index contributed by atoms with van der Waals surface area (Å²) in [5.74, 6) is -5.15. The Balaban J connectivity index is 2.16. The summed E-state index contributed by atoms with van der Waals surface area (Å²) in [6, 6.07) is -0.857. The van der Waals surface area contributed by atoms with Crippen LogP contribution in [-0.4, -0.2) is 72.9 Å². The number of nitrogens with one attached hydrogen (secondary N) is 2. The summed E-state index contributed by atoms with van der Waals surface area (Å²) in [6.45, 7) is 3.14. The van der Waals surface area contributed by atoms with Gasteiger partial charge in [0.15, 0.2) is 6.04 Å². The van der Waals surface area contributed by atoms with Crippen molar-refractivity contribution in [1.82, 2.24) is 15.5 Å². The minimum absolute atomic E-state index is 0.0921. The number of hydrogen-bond donors (Lipinski definition) is 2. The van der Waals surface area contributed by atoms with E-state index in [1.54, 1.807) is 6.08 Å². The van der Waals surface area contributed by atoms with Gasteiger partial charge in [0.2, 0.25) is 17.7 Å². The lowest BCUT2D eigenvalue weighted by Gasteiger charge is -2.24. The van der Waals surface area contributed by atoms with Crippen LogP contribution in [-0.2, 0) is 39.9 Å². The van der Waals surface area contributed by atoms with Gasteiger partial charge in [-0.15, -0.1) is 0 Å². The third-order valence-corrected chi connectivity index (χ3v) is 6.11. The lowest BCUT2D eigenvalue weighted by atomic mass is 10.0. The fraction of sp³-hybridized carbons (Fsp3) is 0.519. The van der Waals surface area contributed by atoms with Crippen molar-refractivity contribution >= 4 is 29.7 Å². The van der Waals surface area contributed by atoms with Crippen LogP contribution >= 0.6 is 0 Å². The van der Waals surface area contributed by atoms with E-state index in [0.717, 1.165) is 32.1 Å². The Kier molecular flexibility index (Phi) is 12.5. The Morgan fingerprint density at radius 2 is 1.79 bits per heavy atom. The van der Waals surface area contributed by atoms with Gasteiger partial charge in [-0.1, -0.05) is 25.8 Å². The van der Waals surface area contributed by atoms with Crippen LogP contribution < -0.4 is 10.6 Å². The van der Waals surface area contributed by atoms with Crippen molar-refractivity contribution in [2.45, 2.75) is 70.5 Å². The van der Waals surface area contributed by atoms with Crippen LogP contribution in [0.1, 0.15) is 51.5 Å². The number of halogens is 2. The number of unbranched alkanes of at least 4 members (excludes halogenated alkanes) is 2. The molecule has 2 N–H and O–H groups in total. The van der Waals surface area contributed by atoms with E-state index in [0.29, 0.717) is 31.9 Å². The van der Waals surface area contributed by atoms with Gasteiger partial charge in [0.25, 0.3) is 0 Å². The van der Waals surface area contributed by atoms with Crippen LogP contribution in [0, 0.1) is 11.6 Å². The third kappa shape index (κ3) is 10.1. The number of allylic oxidation sites excluding steroid dienone is 1. The molecule has 12 heteroatoms. The molecule has 0 radical (unpaired) electrons. The number of ether oxygens (including phenoxy) is 2. The summed E-state index contributed by atoms with van der Waals surface area (Å²) >= 11 is 0. The van der Waals surface area contributed by atoms with Gasteiger partial charge in [-0.25, -0.2) is 18.4 Å². The molecule has 3 atom stereocenters. The van der Waals surface area contributed by atoms with E-state index in [1.807, 2.05) is 6.92 Å². The molecule has 3 amide bonds. The largest absolute Gasteiger partial charge is 0.467 e. The van der Waals surface area contributed by atoms with Gasteiger partial charge in [0.05, 0.1) is 7.11 Å². The molecule has 1 aliphatic rings. The van der Waals surface area contributed by atoms with E-state index < -0.39 is 60.1 Å². The highest BCUT2D eigenvalue weighted by molar-refractivity contribution is 5.94. The highest BCUT2D eigenvalue weighted by Gasteiger charge is 2.35. The maximum absolute atomic E-state index is 13.8. The smallest absolute Gasteiger partial charge is 0.331 e. The number of nitrogens with zero attached hydrogens (tertiary/aromatic N) is 1. The maximum atomic E-state index is 13.8. The van der Waals surface area contributed by atoms with E-state index in [2.05, 4.69) is 10.6 Å². The Labute approximate surface area is 226 Å². The molecule has 0 unspecified atom stereocenters. The zero-order valence-corrected chi connectivity index (χ0v) is 22.3. The molecular formula is C27H35F2N3O7. The quantitative estimate of drug-likeness (QED) is 0.218. The van der Waals surface area contributed by atoms with Gasteiger partial charge in [-0.05, 0) is 43.0 Å². The summed E-state index contributed by atoms with van der Waals surface area (Å²) in [5.41, 5.74) is 0.0921. The van der Waals surface area contributed by atoms with Gasteiger partial charge < -0.3 is 25.0 Å².